The molecule has 1 heterocycles. The molecule has 0 saturated carbocycles. The summed E-state index contributed by atoms with van der Waals surface area (Å²) >= 11 is 0. The first-order valence-electron chi connectivity index (χ1n) is 16.2. The fourth-order valence-electron chi connectivity index (χ4n) is 6.80. The lowest BCUT2D eigenvalue weighted by atomic mass is 9.78. The summed E-state index contributed by atoms with van der Waals surface area (Å²) in [5, 5.41) is 2.23. The zero-order valence-electron chi connectivity index (χ0n) is 26.6. The Bertz CT molecular complexity index is 2130. The molecule has 0 amide bonds. The summed E-state index contributed by atoms with van der Waals surface area (Å²) in [6.45, 7) is 4.30. The number of aryl methyl sites for hydroxylation is 2. The molecule has 8 aromatic rings. The molecular weight excluding hydrogens is 569 g/mol. The minimum absolute atomic E-state index is 0.874. The number of fused-ring (bicyclic) bond motifs is 1. The first kappa shape index (κ1) is 28.5. The van der Waals surface area contributed by atoms with Gasteiger partial charge in [0.15, 0.2) is 0 Å². The van der Waals surface area contributed by atoms with E-state index in [0.717, 1.165) is 44.5 Å². The predicted molar refractivity (Wildman–Crippen MR) is 198 cm³/mol. The fraction of sp³-hybridized carbons (Fsp3) is 0.0435. The molecule has 0 radical (unpaired) electrons. The Morgan fingerprint density at radius 2 is 0.553 bits per heavy atom. The first-order valence-corrected chi connectivity index (χ1v) is 16.2. The Kier molecular flexibility index (Phi) is 7.36. The monoisotopic (exact) mass is 602 g/mol. The Morgan fingerprint density at radius 3 is 0.872 bits per heavy atom. The van der Waals surface area contributed by atoms with Crippen LogP contribution in [0.2, 0.25) is 0 Å². The third-order valence-electron chi connectivity index (χ3n) is 9.04. The van der Waals surface area contributed by atoms with Crippen LogP contribution in [-0.4, -0.2) is 0 Å². The molecular formula is C46H34O. The molecule has 1 nitrogen and oxygen atoms in total. The molecule has 224 valence electrons. The van der Waals surface area contributed by atoms with Gasteiger partial charge in [0.05, 0.1) is 0 Å². The van der Waals surface area contributed by atoms with E-state index in [2.05, 4.69) is 184 Å². The molecule has 0 aliphatic heterocycles. The van der Waals surface area contributed by atoms with E-state index in [-0.39, 0.29) is 0 Å². The van der Waals surface area contributed by atoms with Crippen LogP contribution in [0.3, 0.4) is 0 Å². The molecule has 0 aliphatic rings. The molecule has 8 rings (SSSR count). The van der Waals surface area contributed by atoms with Crippen LogP contribution < -0.4 is 0 Å². The van der Waals surface area contributed by atoms with Gasteiger partial charge in [0.2, 0.25) is 0 Å². The summed E-state index contributed by atoms with van der Waals surface area (Å²) in [5.41, 5.74) is 13.9. The maximum Gasteiger partial charge on any atom is 0.143 e. The minimum Gasteiger partial charge on any atom is -0.455 e. The highest BCUT2D eigenvalue weighted by molar-refractivity contribution is 6.24. The van der Waals surface area contributed by atoms with Crippen molar-refractivity contribution in [3.8, 4) is 67.2 Å². The minimum atomic E-state index is 0.874. The van der Waals surface area contributed by atoms with E-state index >= 15 is 0 Å². The quantitative estimate of drug-likeness (QED) is 0.185. The predicted octanol–water partition coefficient (Wildman–Crippen LogP) is 13.1. The van der Waals surface area contributed by atoms with Crippen LogP contribution >= 0.6 is 0 Å². The van der Waals surface area contributed by atoms with E-state index in [1.54, 1.807) is 0 Å². The molecule has 0 saturated heterocycles. The second-order valence-electron chi connectivity index (χ2n) is 12.2. The highest BCUT2D eigenvalue weighted by atomic mass is 16.3. The van der Waals surface area contributed by atoms with Crippen LogP contribution in [0.25, 0.3) is 77.9 Å². The standard InChI is InChI=1S/C46H34O/c1-31-23-27-35(28-24-31)39-40(36-29-25-32(2)26-30-36)42(34-17-9-4-10-18-34)44-43(41(39)33-15-7-3-8-16-33)45(37-19-11-5-12-20-37)47-46(44)38-21-13-6-14-22-38/h3-30H,1-2H3. The third kappa shape index (κ3) is 5.16. The van der Waals surface area contributed by atoms with Gasteiger partial charge >= 0.3 is 0 Å². The number of benzene rings is 7. The van der Waals surface area contributed by atoms with Crippen LogP contribution in [0.15, 0.2) is 174 Å². The van der Waals surface area contributed by atoms with Gasteiger partial charge < -0.3 is 4.42 Å². The number of hydrogen-bond acceptors (Lipinski definition) is 1. The molecule has 0 unspecified atom stereocenters. The normalized spacial score (nSPS) is 11.2. The van der Waals surface area contributed by atoms with Crippen molar-refractivity contribution < 1.29 is 4.42 Å². The summed E-state index contributed by atoms with van der Waals surface area (Å²) in [6.07, 6.45) is 0. The summed E-state index contributed by atoms with van der Waals surface area (Å²) in [5.74, 6) is 1.75. The maximum atomic E-state index is 7.18. The van der Waals surface area contributed by atoms with Crippen molar-refractivity contribution in [1.29, 1.82) is 0 Å². The topological polar surface area (TPSA) is 13.1 Å². The Balaban J connectivity index is 1.70. The lowest BCUT2D eigenvalue weighted by molar-refractivity contribution is 0.602. The van der Waals surface area contributed by atoms with Crippen molar-refractivity contribution in [3.63, 3.8) is 0 Å². The Hall–Kier alpha value is -5.92. The smallest absolute Gasteiger partial charge is 0.143 e. The second kappa shape index (κ2) is 12.1. The SMILES string of the molecule is Cc1ccc(-c2c(-c3ccc(C)cc3)c(-c3ccccc3)c3c(-c4ccccc4)oc(-c4ccccc4)c3c2-c2ccccc2)cc1. The van der Waals surface area contributed by atoms with Gasteiger partial charge in [-0.1, -0.05) is 181 Å². The van der Waals surface area contributed by atoms with Gasteiger partial charge in [0.25, 0.3) is 0 Å². The largest absolute Gasteiger partial charge is 0.455 e. The average molecular weight is 603 g/mol. The number of hydrogen-bond donors (Lipinski definition) is 0. The lowest BCUT2D eigenvalue weighted by Gasteiger charge is -2.23. The van der Waals surface area contributed by atoms with Crippen molar-refractivity contribution in [2.24, 2.45) is 0 Å². The molecule has 0 spiro atoms. The average Bonchev–Trinajstić information content (AvgIpc) is 3.53. The summed E-state index contributed by atoms with van der Waals surface area (Å²) in [6, 6.07) is 60.8. The molecule has 0 bridgehead atoms. The van der Waals surface area contributed by atoms with Crippen LogP contribution in [0, 0.1) is 13.8 Å². The van der Waals surface area contributed by atoms with E-state index in [4.69, 9.17) is 4.42 Å². The number of furan rings is 1. The molecule has 1 heteroatoms. The van der Waals surface area contributed by atoms with Crippen LogP contribution in [0.5, 0.6) is 0 Å². The highest BCUT2D eigenvalue weighted by Gasteiger charge is 2.30. The molecule has 1 aromatic heterocycles. The van der Waals surface area contributed by atoms with E-state index in [1.165, 1.54) is 44.5 Å². The molecule has 0 N–H and O–H groups in total. The van der Waals surface area contributed by atoms with Crippen molar-refractivity contribution in [3.05, 3.63) is 181 Å². The summed E-state index contributed by atoms with van der Waals surface area (Å²) < 4.78 is 7.18. The van der Waals surface area contributed by atoms with E-state index in [0.29, 0.717) is 0 Å². The zero-order valence-corrected chi connectivity index (χ0v) is 26.6. The highest BCUT2D eigenvalue weighted by Crippen LogP contribution is 2.56. The fourth-order valence-corrected chi connectivity index (χ4v) is 6.80. The van der Waals surface area contributed by atoms with Gasteiger partial charge in [-0.2, -0.15) is 0 Å². The summed E-state index contributed by atoms with van der Waals surface area (Å²) in [4.78, 5) is 0. The third-order valence-corrected chi connectivity index (χ3v) is 9.04. The Morgan fingerprint density at radius 1 is 0.277 bits per heavy atom. The van der Waals surface area contributed by atoms with Gasteiger partial charge in [-0.25, -0.2) is 0 Å². The Labute approximate surface area is 276 Å². The van der Waals surface area contributed by atoms with Gasteiger partial charge in [0, 0.05) is 33.0 Å². The van der Waals surface area contributed by atoms with Crippen molar-refractivity contribution in [2.45, 2.75) is 13.8 Å². The van der Waals surface area contributed by atoms with E-state index < -0.39 is 0 Å². The van der Waals surface area contributed by atoms with Gasteiger partial charge in [0.1, 0.15) is 11.5 Å². The van der Waals surface area contributed by atoms with E-state index in [9.17, 15) is 0 Å². The molecule has 0 atom stereocenters. The van der Waals surface area contributed by atoms with E-state index in [1.807, 2.05) is 0 Å². The molecule has 0 fully saturated rings. The first-order chi connectivity index (χ1) is 23.2. The maximum absolute atomic E-state index is 7.18. The van der Waals surface area contributed by atoms with Crippen molar-refractivity contribution in [2.75, 3.05) is 0 Å². The van der Waals surface area contributed by atoms with Crippen LogP contribution in [0.4, 0.5) is 0 Å². The van der Waals surface area contributed by atoms with Crippen LogP contribution in [-0.2, 0) is 0 Å². The molecule has 47 heavy (non-hydrogen) atoms. The van der Waals surface area contributed by atoms with Crippen LogP contribution in [0.1, 0.15) is 11.1 Å². The van der Waals surface area contributed by atoms with Crippen molar-refractivity contribution >= 4 is 10.8 Å². The number of rotatable bonds is 6. The second-order valence-corrected chi connectivity index (χ2v) is 12.2. The summed E-state index contributed by atoms with van der Waals surface area (Å²) in [7, 11) is 0. The zero-order chi connectivity index (χ0) is 31.7. The van der Waals surface area contributed by atoms with Gasteiger partial charge in [-0.15, -0.1) is 0 Å². The van der Waals surface area contributed by atoms with Crippen molar-refractivity contribution in [1.82, 2.24) is 0 Å². The molecule has 0 aliphatic carbocycles. The van der Waals surface area contributed by atoms with Gasteiger partial charge in [-0.3, -0.25) is 0 Å². The lowest BCUT2D eigenvalue weighted by Crippen LogP contribution is -1.97. The van der Waals surface area contributed by atoms with Gasteiger partial charge in [-0.05, 0) is 47.2 Å². The molecule has 7 aromatic carbocycles.